The van der Waals surface area contributed by atoms with Gasteiger partial charge in [0.05, 0.1) is 12.8 Å². The first-order valence-electron chi connectivity index (χ1n) is 8.96. The zero-order valence-corrected chi connectivity index (χ0v) is 16.5. The van der Waals surface area contributed by atoms with Gasteiger partial charge in [-0.2, -0.15) is 5.10 Å². The van der Waals surface area contributed by atoms with Gasteiger partial charge in [-0.1, -0.05) is 73.5 Å². The summed E-state index contributed by atoms with van der Waals surface area (Å²) in [5.74, 6) is -0.418. The van der Waals surface area contributed by atoms with Gasteiger partial charge in [0.1, 0.15) is 0 Å². The van der Waals surface area contributed by atoms with Crippen LogP contribution >= 0.6 is 15.9 Å². The highest BCUT2D eigenvalue weighted by Crippen LogP contribution is 2.10. The van der Waals surface area contributed by atoms with E-state index in [1.807, 2.05) is 24.3 Å². The van der Waals surface area contributed by atoms with Gasteiger partial charge in [0, 0.05) is 10.9 Å². The van der Waals surface area contributed by atoms with Crippen molar-refractivity contribution in [2.75, 3.05) is 6.54 Å². The highest BCUT2D eigenvalue weighted by molar-refractivity contribution is 9.10. The van der Waals surface area contributed by atoms with Crippen molar-refractivity contribution in [2.45, 2.75) is 58.3 Å². The Morgan fingerprint density at radius 2 is 1.80 bits per heavy atom. The highest BCUT2D eigenvalue weighted by atomic mass is 79.9. The number of halogens is 1. The highest BCUT2D eigenvalue weighted by Gasteiger charge is 2.04. The van der Waals surface area contributed by atoms with Crippen LogP contribution in [0.3, 0.4) is 0 Å². The molecule has 0 aliphatic rings. The van der Waals surface area contributed by atoms with Crippen molar-refractivity contribution in [1.29, 1.82) is 0 Å². The van der Waals surface area contributed by atoms with E-state index in [0.717, 1.165) is 22.9 Å². The van der Waals surface area contributed by atoms with Crippen molar-refractivity contribution >= 4 is 34.0 Å². The van der Waals surface area contributed by atoms with E-state index in [4.69, 9.17) is 0 Å². The molecular formula is C19H28BrN3O2. The smallest absolute Gasteiger partial charge is 0.259 e. The Labute approximate surface area is 158 Å². The van der Waals surface area contributed by atoms with E-state index in [1.165, 1.54) is 32.1 Å². The van der Waals surface area contributed by atoms with Crippen molar-refractivity contribution < 1.29 is 9.59 Å². The molecule has 0 aliphatic heterocycles. The minimum absolute atomic E-state index is 0.0504. The topological polar surface area (TPSA) is 70.6 Å². The largest absolute Gasteiger partial charge is 0.347 e. The summed E-state index contributed by atoms with van der Waals surface area (Å²) in [5, 5.41) is 6.49. The second kappa shape index (κ2) is 13.6. The molecule has 0 bridgehead atoms. The number of hydrogen-bond donors (Lipinski definition) is 2. The number of hydrogen-bond acceptors (Lipinski definition) is 3. The Morgan fingerprint density at radius 1 is 1.08 bits per heavy atom. The van der Waals surface area contributed by atoms with Gasteiger partial charge < -0.3 is 5.32 Å². The molecule has 0 fully saturated rings. The van der Waals surface area contributed by atoms with Gasteiger partial charge in [0.2, 0.25) is 5.91 Å². The van der Waals surface area contributed by atoms with Crippen molar-refractivity contribution in [3.63, 3.8) is 0 Å². The second-order valence-electron chi connectivity index (χ2n) is 6.00. The van der Waals surface area contributed by atoms with Crippen LogP contribution in [0.5, 0.6) is 0 Å². The van der Waals surface area contributed by atoms with Gasteiger partial charge >= 0.3 is 0 Å². The quantitative estimate of drug-likeness (QED) is 0.309. The fourth-order valence-corrected chi connectivity index (χ4v) is 2.73. The Bertz CT molecular complexity index is 561. The molecule has 0 radical (unpaired) electrons. The lowest BCUT2D eigenvalue weighted by Crippen LogP contribution is -2.34. The Balaban J connectivity index is 2.08. The standard InChI is InChI=1S/C19H28BrN3O2/c1-2-3-4-5-6-7-8-12-18(24)21-15-19(25)23-22-14-16-10-9-11-17(20)13-16/h9-11,13-14H,2-8,12,15H2,1H3,(H,21,24)(H,23,25)/b22-14-. The van der Waals surface area contributed by atoms with E-state index in [2.05, 4.69) is 38.7 Å². The van der Waals surface area contributed by atoms with Crippen molar-refractivity contribution in [3.05, 3.63) is 34.3 Å². The van der Waals surface area contributed by atoms with E-state index in [1.54, 1.807) is 6.21 Å². The summed E-state index contributed by atoms with van der Waals surface area (Å²) in [7, 11) is 0. The van der Waals surface area contributed by atoms with Crippen LogP contribution in [-0.2, 0) is 9.59 Å². The van der Waals surface area contributed by atoms with Gasteiger partial charge in [0.15, 0.2) is 0 Å². The molecule has 0 unspecified atom stereocenters. The molecule has 25 heavy (non-hydrogen) atoms. The van der Waals surface area contributed by atoms with E-state index in [9.17, 15) is 9.59 Å². The third-order valence-electron chi connectivity index (χ3n) is 3.71. The summed E-state index contributed by atoms with van der Waals surface area (Å²) < 4.78 is 0.945. The van der Waals surface area contributed by atoms with Gasteiger partial charge in [-0.3, -0.25) is 9.59 Å². The predicted molar refractivity (Wildman–Crippen MR) is 105 cm³/mol. The van der Waals surface area contributed by atoms with Crippen molar-refractivity contribution in [1.82, 2.24) is 10.7 Å². The fraction of sp³-hybridized carbons (Fsp3) is 0.526. The molecule has 6 heteroatoms. The van der Waals surface area contributed by atoms with Crippen LogP contribution in [0.15, 0.2) is 33.8 Å². The zero-order valence-electron chi connectivity index (χ0n) is 14.9. The molecule has 138 valence electrons. The van der Waals surface area contributed by atoms with E-state index >= 15 is 0 Å². The number of unbranched alkanes of at least 4 members (excludes halogenated alkanes) is 6. The van der Waals surface area contributed by atoms with Crippen LogP contribution in [0.25, 0.3) is 0 Å². The third kappa shape index (κ3) is 11.5. The zero-order chi connectivity index (χ0) is 18.3. The third-order valence-corrected chi connectivity index (χ3v) is 4.20. The summed E-state index contributed by atoms with van der Waals surface area (Å²) in [6.07, 6.45) is 10.2. The number of benzene rings is 1. The van der Waals surface area contributed by atoms with Gasteiger partial charge in [0.25, 0.3) is 5.91 Å². The van der Waals surface area contributed by atoms with Crippen LogP contribution in [0, 0.1) is 0 Å². The molecule has 5 nitrogen and oxygen atoms in total. The van der Waals surface area contributed by atoms with Crippen LogP contribution < -0.4 is 10.7 Å². The SMILES string of the molecule is CCCCCCCCCC(=O)NCC(=O)N/N=C\c1cccc(Br)c1. The lowest BCUT2D eigenvalue weighted by molar-refractivity contribution is -0.126. The van der Waals surface area contributed by atoms with Gasteiger partial charge in [-0.15, -0.1) is 0 Å². The number of rotatable bonds is 12. The lowest BCUT2D eigenvalue weighted by atomic mass is 10.1. The lowest BCUT2D eigenvalue weighted by Gasteiger charge is -2.04. The molecule has 0 atom stereocenters. The molecule has 2 amide bonds. The van der Waals surface area contributed by atoms with Crippen molar-refractivity contribution in [3.8, 4) is 0 Å². The number of hydrazone groups is 1. The molecule has 0 heterocycles. The minimum Gasteiger partial charge on any atom is -0.347 e. The van der Waals surface area contributed by atoms with Crippen LogP contribution in [0.2, 0.25) is 0 Å². The first-order chi connectivity index (χ1) is 12.1. The van der Waals surface area contributed by atoms with Gasteiger partial charge in [-0.05, 0) is 24.1 Å². The monoisotopic (exact) mass is 409 g/mol. The molecule has 0 saturated carbocycles. The minimum atomic E-state index is -0.334. The second-order valence-corrected chi connectivity index (χ2v) is 6.91. The van der Waals surface area contributed by atoms with Crippen molar-refractivity contribution in [2.24, 2.45) is 5.10 Å². The molecule has 2 N–H and O–H groups in total. The number of nitrogens with zero attached hydrogens (tertiary/aromatic N) is 1. The maximum absolute atomic E-state index is 11.7. The van der Waals surface area contributed by atoms with Crippen LogP contribution in [-0.4, -0.2) is 24.6 Å². The van der Waals surface area contributed by atoms with Crippen LogP contribution in [0.4, 0.5) is 0 Å². The normalized spacial score (nSPS) is 10.8. The summed E-state index contributed by atoms with van der Waals surface area (Å²) in [5.41, 5.74) is 3.28. The Kier molecular flexibility index (Phi) is 11.6. The Hall–Kier alpha value is -1.69. The number of amides is 2. The average Bonchev–Trinajstić information content (AvgIpc) is 2.59. The molecule has 1 aromatic rings. The van der Waals surface area contributed by atoms with Crippen LogP contribution in [0.1, 0.15) is 63.9 Å². The first kappa shape index (κ1) is 21.4. The number of nitrogens with one attached hydrogen (secondary N) is 2. The Morgan fingerprint density at radius 3 is 2.52 bits per heavy atom. The first-order valence-corrected chi connectivity index (χ1v) is 9.75. The van der Waals surface area contributed by atoms with E-state index in [-0.39, 0.29) is 18.4 Å². The predicted octanol–water partition coefficient (Wildman–Crippen LogP) is 4.16. The molecule has 0 aromatic heterocycles. The summed E-state index contributed by atoms with van der Waals surface area (Å²) >= 11 is 3.37. The van der Waals surface area contributed by atoms with E-state index in [0.29, 0.717) is 6.42 Å². The summed E-state index contributed by atoms with van der Waals surface area (Å²) in [6.45, 7) is 2.15. The molecular weight excluding hydrogens is 382 g/mol. The molecule has 0 spiro atoms. The van der Waals surface area contributed by atoms with E-state index < -0.39 is 0 Å². The summed E-state index contributed by atoms with van der Waals surface area (Å²) in [4.78, 5) is 23.3. The molecule has 1 rings (SSSR count). The number of carbonyl (C=O) groups is 2. The van der Waals surface area contributed by atoms with Gasteiger partial charge in [-0.25, -0.2) is 5.43 Å². The molecule has 0 aliphatic carbocycles. The summed E-state index contributed by atoms with van der Waals surface area (Å²) in [6, 6.07) is 7.57. The molecule has 1 aromatic carbocycles. The number of carbonyl (C=O) groups excluding carboxylic acids is 2. The molecule has 0 saturated heterocycles. The maximum atomic E-state index is 11.7. The maximum Gasteiger partial charge on any atom is 0.259 e. The fourth-order valence-electron chi connectivity index (χ4n) is 2.32. The average molecular weight is 410 g/mol.